The molecule has 0 bridgehead atoms. The molecule has 1 aromatic carbocycles. The summed E-state index contributed by atoms with van der Waals surface area (Å²) in [6.07, 6.45) is -3.02. The van der Waals surface area contributed by atoms with Crippen LogP contribution in [0.2, 0.25) is 0 Å². The van der Waals surface area contributed by atoms with Gasteiger partial charge in [-0.2, -0.15) is 13.2 Å². The van der Waals surface area contributed by atoms with Crippen LogP contribution >= 0.6 is 0 Å². The van der Waals surface area contributed by atoms with Gasteiger partial charge in [0.25, 0.3) is 5.91 Å². The lowest BCUT2D eigenvalue weighted by molar-refractivity contribution is -0.137. The molecule has 0 fully saturated rings. The highest BCUT2D eigenvalue weighted by molar-refractivity contribution is 6.02. The van der Waals surface area contributed by atoms with Gasteiger partial charge in [-0.1, -0.05) is 5.21 Å². The normalized spacial score (nSPS) is 12.3. The molecular weight excluding hydrogens is 309 g/mol. The predicted octanol–water partition coefficient (Wildman–Crippen LogP) is 3.61. The van der Waals surface area contributed by atoms with Gasteiger partial charge < -0.3 is 5.32 Å². The van der Waals surface area contributed by atoms with E-state index in [1.807, 2.05) is 20.8 Å². The van der Waals surface area contributed by atoms with E-state index in [1.165, 1.54) is 23.9 Å². The molecule has 1 aromatic heterocycles. The largest absolute Gasteiger partial charge is 0.416 e. The smallest absolute Gasteiger partial charge is 0.321 e. The van der Waals surface area contributed by atoms with Crippen LogP contribution in [0.1, 0.15) is 42.4 Å². The van der Waals surface area contributed by atoms with Crippen LogP contribution in [0.25, 0.3) is 0 Å². The molecule has 0 saturated heterocycles. The first-order valence-electron chi connectivity index (χ1n) is 6.90. The number of benzene rings is 1. The molecule has 124 valence electrons. The molecule has 0 saturated carbocycles. The third kappa shape index (κ3) is 4.08. The number of aryl methyl sites for hydroxylation is 1. The van der Waals surface area contributed by atoms with Crippen molar-refractivity contribution in [1.29, 1.82) is 0 Å². The Hall–Kier alpha value is -2.38. The number of alkyl halides is 3. The summed E-state index contributed by atoms with van der Waals surface area (Å²) in [5.74, 6) is -0.612. The number of hydrogen-bond acceptors (Lipinski definition) is 3. The molecular formula is C15H17F3N4O. The summed E-state index contributed by atoms with van der Waals surface area (Å²) in [4.78, 5) is 12.1. The Kier molecular flexibility index (Phi) is 4.19. The average molecular weight is 326 g/mol. The molecule has 5 nitrogen and oxygen atoms in total. The van der Waals surface area contributed by atoms with Gasteiger partial charge in [0.15, 0.2) is 5.69 Å². The van der Waals surface area contributed by atoms with E-state index >= 15 is 0 Å². The van der Waals surface area contributed by atoms with Crippen LogP contribution in [0.4, 0.5) is 18.9 Å². The van der Waals surface area contributed by atoms with Gasteiger partial charge in [0.05, 0.1) is 17.3 Å². The molecule has 0 spiro atoms. The quantitative estimate of drug-likeness (QED) is 0.917. The highest BCUT2D eigenvalue weighted by Gasteiger charge is 2.31. The van der Waals surface area contributed by atoms with Crippen molar-refractivity contribution >= 4 is 11.6 Å². The molecule has 23 heavy (non-hydrogen) atoms. The van der Waals surface area contributed by atoms with E-state index < -0.39 is 17.6 Å². The topological polar surface area (TPSA) is 59.8 Å². The maximum absolute atomic E-state index is 12.8. The Bertz CT molecular complexity index is 729. The van der Waals surface area contributed by atoms with Gasteiger partial charge in [-0.25, -0.2) is 4.68 Å². The zero-order valence-electron chi connectivity index (χ0n) is 13.2. The van der Waals surface area contributed by atoms with Crippen molar-refractivity contribution in [3.8, 4) is 0 Å². The lowest BCUT2D eigenvalue weighted by Gasteiger charge is -2.17. The Balaban J connectivity index is 2.24. The standard InChI is InChI=1S/C15H17F3N4O/c1-9-5-10(15(16,17)18)7-11(6-9)19-13(23)12-8-22(21-20-12)14(2,3)4/h5-8H,1-4H3,(H,19,23). The molecule has 0 aliphatic heterocycles. The first-order chi connectivity index (χ1) is 10.5. The van der Waals surface area contributed by atoms with E-state index in [1.54, 1.807) is 0 Å². The monoisotopic (exact) mass is 326 g/mol. The lowest BCUT2D eigenvalue weighted by Crippen LogP contribution is -2.22. The van der Waals surface area contributed by atoms with Crippen LogP contribution in [-0.2, 0) is 11.7 Å². The van der Waals surface area contributed by atoms with Crippen LogP contribution in [0.5, 0.6) is 0 Å². The summed E-state index contributed by atoms with van der Waals surface area (Å²) in [6, 6.07) is 3.37. The summed E-state index contributed by atoms with van der Waals surface area (Å²) in [6.45, 7) is 7.19. The average Bonchev–Trinajstić information content (AvgIpc) is 2.86. The number of hydrogen-bond donors (Lipinski definition) is 1. The van der Waals surface area contributed by atoms with E-state index in [2.05, 4.69) is 15.6 Å². The molecule has 0 aliphatic carbocycles. The highest BCUT2D eigenvalue weighted by Crippen LogP contribution is 2.31. The summed E-state index contributed by atoms with van der Waals surface area (Å²) in [5, 5.41) is 10.0. The predicted molar refractivity (Wildman–Crippen MR) is 79.2 cm³/mol. The number of rotatable bonds is 2. The molecule has 0 aliphatic rings. The zero-order valence-corrected chi connectivity index (χ0v) is 13.2. The van der Waals surface area contributed by atoms with E-state index in [4.69, 9.17) is 0 Å². The fraction of sp³-hybridized carbons (Fsp3) is 0.400. The summed E-state index contributed by atoms with van der Waals surface area (Å²) in [7, 11) is 0. The third-order valence-electron chi connectivity index (χ3n) is 3.08. The Labute approximate surface area is 131 Å². The lowest BCUT2D eigenvalue weighted by atomic mass is 10.1. The van der Waals surface area contributed by atoms with E-state index in [0.717, 1.165) is 12.1 Å². The molecule has 2 rings (SSSR count). The van der Waals surface area contributed by atoms with Gasteiger partial charge in [0, 0.05) is 5.69 Å². The van der Waals surface area contributed by atoms with Crippen molar-refractivity contribution < 1.29 is 18.0 Å². The number of nitrogens with one attached hydrogen (secondary N) is 1. The number of carbonyl (C=O) groups is 1. The maximum atomic E-state index is 12.8. The maximum Gasteiger partial charge on any atom is 0.416 e. The van der Waals surface area contributed by atoms with Crippen LogP contribution in [0.3, 0.4) is 0 Å². The Morgan fingerprint density at radius 2 is 1.83 bits per heavy atom. The fourth-order valence-electron chi connectivity index (χ4n) is 1.91. The summed E-state index contributed by atoms with van der Waals surface area (Å²) < 4.78 is 39.9. The molecule has 8 heteroatoms. The first-order valence-corrected chi connectivity index (χ1v) is 6.90. The number of carbonyl (C=O) groups excluding carboxylic acids is 1. The first kappa shape index (κ1) is 17.0. The van der Waals surface area contributed by atoms with Gasteiger partial charge in [-0.05, 0) is 51.5 Å². The highest BCUT2D eigenvalue weighted by atomic mass is 19.4. The van der Waals surface area contributed by atoms with Crippen LogP contribution < -0.4 is 5.32 Å². The van der Waals surface area contributed by atoms with Gasteiger partial charge in [-0.3, -0.25) is 4.79 Å². The number of nitrogens with zero attached hydrogens (tertiary/aromatic N) is 3. The second-order valence-electron chi connectivity index (χ2n) is 6.26. The zero-order chi connectivity index (χ0) is 17.4. The van der Waals surface area contributed by atoms with Gasteiger partial charge in [0.1, 0.15) is 0 Å². The van der Waals surface area contributed by atoms with Crippen molar-refractivity contribution in [3.63, 3.8) is 0 Å². The van der Waals surface area contributed by atoms with Crippen molar-refractivity contribution in [1.82, 2.24) is 15.0 Å². The summed E-state index contributed by atoms with van der Waals surface area (Å²) >= 11 is 0. The minimum Gasteiger partial charge on any atom is -0.321 e. The van der Waals surface area contributed by atoms with E-state index in [0.29, 0.717) is 5.56 Å². The van der Waals surface area contributed by atoms with E-state index in [-0.39, 0.29) is 16.9 Å². The molecule has 0 radical (unpaired) electrons. The van der Waals surface area contributed by atoms with Crippen molar-refractivity contribution in [3.05, 3.63) is 41.2 Å². The number of amides is 1. The fourth-order valence-corrected chi connectivity index (χ4v) is 1.91. The summed E-state index contributed by atoms with van der Waals surface area (Å²) in [5.41, 5.74) is -0.666. The SMILES string of the molecule is Cc1cc(NC(=O)c2cn(C(C)(C)C)nn2)cc(C(F)(F)F)c1. The van der Waals surface area contributed by atoms with Gasteiger partial charge in [0.2, 0.25) is 0 Å². The number of halogens is 3. The number of anilines is 1. The third-order valence-corrected chi connectivity index (χ3v) is 3.08. The molecule has 0 unspecified atom stereocenters. The van der Waals surface area contributed by atoms with Crippen LogP contribution in [0.15, 0.2) is 24.4 Å². The van der Waals surface area contributed by atoms with Gasteiger partial charge >= 0.3 is 6.18 Å². The van der Waals surface area contributed by atoms with Crippen molar-refractivity contribution in [2.75, 3.05) is 5.32 Å². The van der Waals surface area contributed by atoms with E-state index in [9.17, 15) is 18.0 Å². The van der Waals surface area contributed by atoms with Crippen LogP contribution in [0, 0.1) is 6.92 Å². The van der Waals surface area contributed by atoms with Crippen molar-refractivity contribution in [2.45, 2.75) is 39.4 Å². The molecule has 1 amide bonds. The minimum atomic E-state index is -4.47. The second-order valence-corrected chi connectivity index (χ2v) is 6.26. The molecule has 0 atom stereocenters. The Morgan fingerprint density at radius 1 is 1.17 bits per heavy atom. The minimum absolute atomic E-state index is 0.0370. The Morgan fingerprint density at radius 3 is 2.35 bits per heavy atom. The number of aromatic nitrogens is 3. The van der Waals surface area contributed by atoms with Gasteiger partial charge in [-0.15, -0.1) is 5.10 Å². The van der Waals surface area contributed by atoms with Crippen molar-refractivity contribution in [2.24, 2.45) is 0 Å². The molecule has 2 aromatic rings. The second kappa shape index (κ2) is 5.68. The van der Waals surface area contributed by atoms with Crippen LogP contribution in [-0.4, -0.2) is 20.9 Å². The molecule has 1 heterocycles. The molecule has 1 N–H and O–H groups in total.